The Morgan fingerprint density at radius 3 is 2.48 bits per heavy atom. The Hall–Kier alpha value is -4.35. The van der Waals surface area contributed by atoms with Gasteiger partial charge in [0.1, 0.15) is 5.82 Å². The minimum Gasteiger partial charge on any atom is -0.481 e. The summed E-state index contributed by atoms with van der Waals surface area (Å²) in [5, 5.41) is 15.0. The van der Waals surface area contributed by atoms with Crippen molar-refractivity contribution in [2.24, 2.45) is 5.92 Å². The average Bonchev–Trinajstić information content (AvgIpc) is 3.60. The number of urea groups is 1. The summed E-state index contributed by atoms with van der Waals surface area (Å²) in [4.78, 5) is 54.9. The topological polar surface area (TPSA) is 138 Å². The van der Waals surface area contributed by atoms with Crippen LogP contribution < -0.4 is 20.1 Å². The van der Waals surface area contributed by atoms with Crippen LogP contribution in [0.2, 0.25) is 0 Å². The van der Waals surface area contributed by atoms with E-state index in [4.69, 9.17) is 9.47 Å². The number of carboxylic acids is 1. The van der Waals surface area contributed by atoms with E-state index in [1.165, 1.54) is 34.1 Å². The molecule has 0 spiro atoms. The van der Waals surface area contributed by atoms with Crippen molar-refractivity contribution in [1.29, 1.82) is 0 Å². The lowest BCUT2D eigenvalue weighted by molar-refractivity contribution is -0.138. The summed E-state index contributed by atoms with van der Waals surface area (Å²) < 4.78 is 24.4. The third-order valence-electron chi connectivity index (χ3n) is 7.56. The molecular formula is C28H31FN4O7. The number of halogens is 1. The number of carboxylic acid groups (broad SMARTS) is 1. The van der Waals surface area contributed by atoms with Crippen LogP contribution in [-0.4, -0.2) is 70.8 Å². The summed E-state index contributed by atoms with van der Waals surface area (Å²) in [6, 6.07) is 8.65. The third kappa shape index (κ3) is 5.95. The Kier molecular flexibility index (Phi) is 8.04. The Morgan fingerprint density at radius 1 is 0.975 bits per heavy atom. The fourth-order valence-corrected chi connectivity index (χ4v) is 5.61. The number of aliphatic carboxylic acids is 1. The minimum absolute atomic E-state index is 0.0252. The van der Waals surface area contributed by atoms with Crippen LogP contribution in [0.3, 0.4) is 0 Å². The molecule has 212 valence electrons. The molecule has 3 N–H and O–H groups in total. The largest absolute Gasteiger partial charge is 0.481 e. The first kappa shape index (κ1) is 27.2. The number of nitrogens with one attached hydrogen (secondary N) is 2. The SMILES string of the molecule is O=C(O)CC(NC(=O)C1N(C(=O)Nc2cccc(F)c2)CCN1C(=O)c1ccc2c(c1)OCO2)C1CCCCC1. The highest BCUT2D eigenvalue weighted by Crippen LogP contribution is 2.34. The third-order valence-corrected chi connectivity index (χ3v) is 7.56. The summed E-state index contributed by atoms with van der Waals surface area (Å²) in [5.41, 5.74) is 0.430. The van der Waals surface area contributed by atoms with Crippen LogP contribution in [0, 0.1) is 11.7 Å². The lowest BCUT2D eigenvalue weighted by atomic mass is 9.82. The molecule has 11 nitrogen and oxygen atoms in total. The summed E-state index contributed by atoms with van der Waals surface area (Å²) in [6.07, 6.45) is 2.88. The summed E-state index contributed by atoms with van der Waals surface area (Å²) in [6.45, 7) is 0.111. The van der Waals surface area contributed by atoms with Gasteiger partial charge in [0.25, 0.3) is 11.8 Å². The molecule has 0 radical (unpaired) electrons. The molecule has 1 aliphatic carbocycles. The average molecular weight is 555 g/mol. The zero-order valence-electron chi connectivity index (χ0n) is 21.8. The van der Waals surface area contributed by atoms with Crippen LogP contribution in [0.4, 0.5) is 14.9 Å². The highest BCUT2D eigenvalue weighted by molar-refractivity contribution is 6.01. The normalized spacial score (nSPS) is 19.3. The second-order valence-corrected chi connectivity index (χ2v) is 10.2. The molecule has 2 aromatic carbocycles. The lowest BCUT2D eigenvalue weighted by Gasteiger charge is -2.34. The van der Waals surface area contributed by atoms with E-state index in [1.54, 1.807) is 12.1 Å². The minimum atomic E-state index is -1.36. The van der Waals surface area contributed by atoms with Crippen molar-refractivity contribution in [1.82, 2.24) is 15.1 Å². The maximum Gasteiger partial charge on any atom is 0.323 e. The molecule has 2 aromatic rings. The van der Waals surface area contributed by atoms with E-state index >= 15 is 0 Å². The van der Waals surface area contributed by atoms with Gasteiger partial charge in [-0.05, 0) is 55.2 Å². The van der Waals surface area contributed by atoms with Crippen molar-refractivity contribution < 1.29 is 38.1 Å². The van der Waals surface area contributed by atoms with Gasteiger partial charge in [0.15, 0.2) is 17.7 Å². The second-order valence-electron chi connectivity index (χ2n) is 10.2. The number of anilines is 1. The number of amides is 4. The number of ether oxygens (including phenoxy) is 2. The fourth-order valence-electron chi connectivity index (χ4n) is 5.61. The van der Waals surface area contributed by atoms with Gasteiger partial charge in [0.05, 0.1) is 6.42 Å². The number of hydrogen-bond donors (Lipinski definition) is 3. The summed E-state index contributed by atoms with van der Waals surface area (Å²) >= 11 is 0. The van der Waals surface area contributed by atoms with E-state index in [-0.39, 0.29) is 43.5 Å². The number of hydrogen-bond acceptors (Lipinski definition) is 6. The van der Waals surface area contributed by atoms with Crippen LogP contribution in [0.15, 0.2) is 42.5 Å². The van der Waals surface area contributed by atoms with Gasteiger partial charge < -0.3 is 30.1 Å². The molecule has 2 atom stereocenters. The standard InChI is InChI=1S/C28H31FN4O7/c29-19-7-4-8-20(14-19)30-28(38)33-12-11-32(27(37)18-9-10-22-23(13-18)40-16-39-22)26(33)25(36)31-21(15-24(34)35)17-5-2-1-3-6-17/h4,7-10,13-14,17,21,26H,1-3,5-6,11-12,15-16H2,(H,30,38)(H,31,36)(H,34,35). The zero-order chi connectivity index (χ0) is 28.2. The van der Waals surface area contributed by atoms with Gasteiger partial charge >= 0.3 is 12.0 Å². The van der Waals surface area contributed by atoms with E-state index in [9.17, 15) is 28.7 Å². The number of fused-ring (bicyclic) bond motifs is 1. The Bertz CT molecular complexity index is 1300. The van der Waals surface area contributed by atoms with Crippen molar-refractivity contribution in [3.05, 3.63) is 53.8 Å². The Balaban J connectivity index is 1.41. The molecule has 1 saturated heterocycles. The van der Waals surface area contributed by atoms with Crippen molar-refractivity contribution >= 4 is 29.5 Å². The molecule has 0 bridgehead atoms. The van der Waals surface area contributed by atoms with Crippen LogP contribution in [0.5, 0.6) is 11.5 Å². The molecule has 40 heavy (non-hydrogen) atoms. The first-order valence-electron chi connectivity index (χ1n) is 13.4. The van der Waals surface area contributed by atoms with Gasteiger partial charge in [-0.3, -0.25) is 19.3 Å². The van der Waals surface area contributed by atoms with Crippen molar-refractivity contribution in [2.45, 2.75) is 50.7 Å². The van der Waals surface area contributed by atoms with Gasteiger partial charge in [-0.25, -0.2) is 9.18 Å². The molecule has 12 heteroatoms. The molecule has 3 aliphatic rings. The van der Waals surface area contributed by atoms with Crippen LogP contribution in [0.1, 0.15) is 48.9 Å². The van der Waals surface area contributed by atoms with E-state index < -0.39 is 41.8 Å². The van der Waals surface area contributed by atoms with Gasteiger partial charge in [-0.1, -0.05) is 25.3 Å². The van der Waals surface area contributed by atoms with Crippen molar-refractivity contribution in [3.63, 3.8) is 0 Å². The highest BCUT2D eigenvalue weighted by atomic mass is 19.1. The molecule has 1 saturated carbocycles. The molecular weight excluding hydrogens is 523 g/mol. The van der Waals surface area contributed by atoms with Crippen molar-refractivity contribution in [3.8, 4) is 11.5 Å². The molecule has 2 aliphatic heterocycles. The van der Waals surface area contributed by atoms with E-state index in [2.05, 4.69) is 10.6 Å². The Morgan fingerprint density at radius 2 is 1.73 bits per heavy atom. The predicted octanol–water partition coefficient (Wildman–Crippen LogP) is 3.41. The smallest absolute Gasteiger partial charge is 0.323 e. The number of benzene rings is 2. The molecule has 0 aromatic heterocycles. The Labute approximate surface area is 230 Å². The maximum absolute atomic E-state index is 13.8. The molecule has 2 heterocycles. The van der Waals surface area contributed by atoms with E-state index in [0.29, 0.717) is 11.5 Å². The maximum atomic E-state index is 13.8. The molecule has 2 fully saturated rings. The van der Waals surface area contributed by atoms with Gasteiger partial charge in [0.2, 0.25) is 6.79 Å². The summed E-state index contributed by atoms with van der Waals surface area (Å²) in [5.74, 6) is -1.89. The lowest BCUT2D eigenvalue weighted by Crippen LogP contribution is -2.57. The first-order chi connectivity index (χ1) is 19.3. The number of rotatable bonds is 7. The van der Waals surface area contributed by atoms with Crippen LogP contribution in [0.25, 0.3) is 0 Å². The van der Waals surface area contributed by atoms with Crippen molar-refractivity contribution in [2.75, 3.05) is 25.2 Å². The van der Waals surface area contributed by atoms with E-state index in [1.807, 2.05) is 0 Å². The monoisotopic (exact) mass is 554 g/mol. The summed E-state index contributed by atoms with van der Waals surface area (Å²) in [7, 11) is 0. The van der Waals surface area contributed by atoms with Crippen LogP contribution in [-0.2, 0) is 9.59 Å². The highest BCUT2D eigenvalue weighted by Gasteiger charge is 2.44. The number of carbonyl (C=O) groups excluding carboxylic acids is 3. The van der Waals surface area contributed by atoms with Gasteiger partial charge in [-0.15, -0.1) is 0 Å². The first-order valence-corrected chi connectivity index (χ1v) is 13.4. The number of nitrogens with zero attached hydrogens (tertiary/aromatic N) is 2. The van der Waals surface area contributed by atoms with Gasteiger partial charge in [-0.2, -0.15) is 0 Å². The molecule has 5 rings (SSSR count). The van der Waals surface area contributed by atoms with Gasteiger partial charge in [0, 0.05) is 30.4 Å². The number of carbonyl (C=O) groups is 4. The van der Waals surface area contributed by atoms with E-state index in [0.717, 1.165) is 38.2 Å². The fraction of sp³-hybridized carbons (Fsp3) is 0.429. The second kappa shape index (κ2) is 11.8. The zero-order valence-corrected chi connectivity index (χ0v) is 21.8. The predicted molar refractivity (Wildman–Crippen MR) is 140 cm³/mol. The molecule has 2 unspecified atom stereocenters. The van der Waals surface area contributed by atoms with Crippen LogP contribution >= 0.6 is 0 Å². The quantitative estimate of drug-likeness (QED) is 0.477. The molecule has 4 amide bonds.